The van der Waals surface area contributed by atoms with Gasteiger partial charge in [0.05, 0.1) is 12.2 Å². The Kier molecular flexibility index (Phi) is 5.23. The highest BCUT2D eigenvalue weighted by molar-refractivity contribution is 7.07. The van der Waals surface area contributed by atoms with Crippen LogP contribution in [-0.4, -0.2) is 40.4 Å². The Labute approximate surface area is 145 Å². The van der Waals surface area contributed by atoms with Crippen molar-refractivity contribution in [1.82, 2.24) is 14.9 Å². The smallest absolute Gasteiger partial charge is 0.265 e. The molecule has 3 rings (SSSR count). The molecule has 7 heteroatoms. The maximum atomic E-state index is 12.4. The van der Waals surface area contributed by atoms with Gasteiger partial charge in [-0.15, -0.1) is 5.10 Å². The first-order valence-corrected chi connectivity index (χ1v) is 8.81. The van der Waals surface area contributed by atoms with Gasteiger partial charge in [-0.05, 0) is 42.8 Å². The number of ether oxygens (including phenoxy) is 1. The van der Waals surface area contributed by atoms with E-state index in [0.29, 0.717) is 23.8 Å². The summed E-state index contributed by atoms with van der Waals surface area (Å²) in [5, 5.41) is 18.1. The average molecular weight is 347 g/mol. The number of nitrogens with zero attached hydrogens (tertiary/aromatic N) is 2. The molecule has 1 atom stereocenters. The zero-order valence-electron chi connectivity index (χ0n) is 13.6. The van der Waals surface area contributed by atoms with E-state index in [0.717, 1.165) is 29.9 Å². The minimum Gasteiger partial charge on any atom is -0.383 e. The first kappa shape index (κ1) is 17.0. The lowest BCUT2D eigenvalue weighted by molar-refractivity contribution is -0.0680. The highest BCUT2D eigenvalue weighted by Crippen LogP contribution is 2.35. The van der Waals surface area contributed by atoms with Gasteiger partial charge in [0.2, 0.25) is 0 Å². The molecule has 2 aromatic rings. The van der Waals surface area contributed by atoms with Crippen LogP contribution in [0.3, 0.4) is 0 Å². The molecule has 1 aliphatic heterocycles. The lowest BCUT2D eigenvalue weighted by Gasteiger charge is -2.39. The fourth-order valence-corrected chi connectivity index (χ4v) is 3.69. The van der Waals surface area contributed by atoms with Crippen molar-refractivity contribution in [3.05, 3.63) is 46.5 Å². The third kappa shape index (κ3) is 3.48. The minimum atomic E-state index is -1.12. The minimum absolute atomic E-state index is 0.0367. The molecule has 0 aliphatic carbocycles. The van der Waals surface area contributed by atoms with E-state index in [1.54, 1.807) is 6.92 Å². The number of aliphatic hydroxyl groups is 1. The number of hydrogen-bond donors (Lipinski definition) is 2. The summed E-state index contributed by atoms with van der Waals surface area (Å²) < 4.78 is 9.20. The van der Waals surface area contributed by atoms with E-state index < -0.39 is 5.60 Å². The molecule has 1 aromatic carbocycles. The Bertz CT molecular complexity index is 685. The molecule has 128 valence electrons. The quantitative estimate of drug-likeness (QED) is 0.863. The van der Waals surface area contributed by atoms with Crippen molar-refractivity contribution in [2.75, 3.05) is 19.8 Å². The van der Waals surface area contributed by atoms with Crippen LogP contribution in [0.2, 0.25) is 0 Å². The zero-order valence-corrected chi connectivity index (χ0v) is 14.4. The number of hydrogen-bond acceptors (Lipinski definition) is 6. The largest absolute Gasteiger partial charge is 0.383 e. The van der Waals surface area contributed by atoms with Crippen LogP contribution < -0.4 is 5.32 Å². The van der Waals surface area contributed by atoms with Crippen LogP contribution in [0.1, 0.15) is 33.8 Å². The van der Waals surface area contributed by atoms with Crippen LogP contribution in [0.25, 0.3) is 0 Å². The molecule has 0 radical (unpaired) electrons. The van der Waals surface area contributed by atoms with Crippen LogP contribution in [0.4, 0.5) is 0 Å². The second-order valence-corrected chi connectivity index (χ2v) is 6.80. The molecule has 1 saturated heterocycles. The van der Waals surface area contributed by atoms with Crippen molar-refractivity contribution in [3.63, 3.8) is 0 Å². The molecular weight excluding hydrogens is 326 g/mol. The Balaban J connectivity index is 1.80. The fraction of sp³-hybridized carbons (Fsp3) is 0.471. The van der Waals surface area contributed by atoms with Crippen molar-refractivity contribution in [3.8, 4) is 0 Å². The van der Waals surface area contributed by atoms with Crippen LogP contribution >= 0.6 is 11.5 Å². The third-order valence-electron chi connectivity index (χ3n) is 4.55. The standard InChI is InChI=1S/C17H21N3O3S/c1-12-15(24-20-19-12)16(21)18-11-17(22,13-5-3-2-4-6-13)14-7-9-23-10-8-14/h2-6,14,22H,7-11H2,1H3,(H,18,21)/t17-/m1/s1. The van der Waals surface area contributed by atoms with E-state index in [2.05, 4.69) is 14.9 Å². The Morgan fingerprint density at radius 3 is 2.71 bits per heavy atom. The van der Waals surface area contributed by atoms with Gasteiger partial charge in [-0.25, -0.2) is 0 Å². The van der Waals surface area contributed by atoms with Crippen molar-refractivity contribution in [2.24, 2.45) is 5.92 Å². The first-order valence-electron chi connectivity index (χ1n) is 8.04. The molecule has 1 fully saturated rings. The Hall–Kier alpha value is -1.83. The number of amides is 1. The summed E-state index contributed by atoms with van der Waals surface area (Å²) >= 11 is 1.06. The van der Waals surface area contributed by atoms with Crippen LogP contribution in [0, 0.1) is 12.8 Å². The second kappa shape index (κ2) is 7.38. The predicted octanol–water partition coefficient (Wildman–Crippen LogP) is 1.89. The van der Waals surface area contributed by atoms with E-state index >= 15 is 0 Å². The Morgan fingerprint density at radius 2 is 2.08 bits per heavy atom. The summed E-state index contributed by atoms with van der Waals surface area (Å²) in [6.45, 7) is 3.16. The fourth-order valence-electron chi connectivity index (χ4n) is 3.12. The van der Waals surface area contributed by atoms with Crippen molar-refractivity contribution in [1.29, 1.82) is 0 Å². The number of aryl methyl sites for hydroxylation is 1. The normalized spacial score (nSPS) is 18.1. The lowest BCUT2D eigenvalue weighted by Crippen LogP contribution is -2.47. The SMILES string of the molecule is Cc1nnsc1C(=O)NC[C@@](O)(c1ccccc1)C1CCOCC1. The summed E-state index contributed by atoms with van der Waals surface area (Å²) in [5.41, 5.74) is 0.301. The van der Waals surface area contributed by atoms with Gasteiger partial charge < -0.3 is 15.2 Å². The molecular formula is C17H21N3O3S. The average Bonchev–Trinajstić information content (AvgIpc) is 3.07. The van der Waals surface area contributed by atoms with Gasteiger partial charge in [0.1, 0.15) is 10.5 Å². The number of aromatic nitrogens is 2. The van der Waals surface area contributed by atoms with E-state index in [1.807, 2.05) is 30.3 Å². The molecule has 0 spiro atoms. The summed E-state index contributed by atoms with van der Waals surface area (Å²) in [5.74, 6) is -0.210. The van der Waals surface area contributed by atoms with Crippen molar-refractivity contribution >= 4 is 17.4 Å². The number of carbonyl (C=O) groups is 1. The van der Waals surface area contributed by atoms with E-state index in [4.69, 9.17) is 4.74 Å². The maximum Gasteiger partial charge on any atom is 0.265 e. The molecule has 24 heavy (non-hydrogen) atoms. The van der Waals surface area contributed by atoms with Gasteiger partial charge in [0.15, 0.2) is 0 Å². The van der Waals surface area contributed by atoms with Gasteiger partial charge in [0, 0.05) is 13.2 Å². The highest BCUT2D eigenvalue weighted by Gasteiger charge is 2.39. The summed E-state index contributed by atoms with van der Waals surface area (Å²) in [6, 6.07) is 9.53. The van der Waals surface area contributed by atoms with Gasteiger partial charge in [-0.3, -0.25) is 4.79 Å². The second-order valence-electron chi connectivity index (χ2n) is 6.05. The number of rotatable bonds is 5. The molecule has 2 N–H and O–H groups in total. The zero-order chi connectivity index (χ0) is 17.0. The lowest BCUT2D eigenvalue weighted by atomic mass is 9.77. The van der Waals surface area contributed by atoms with E-state index in [1.165, 1.54) is 0 Å². The number of nitrogens with one attached hydrogen (secondary N) is 1. The monoisotopic (exact) mass is 347 g/mol. The van der Waals surface area contributed by atoms with Crippen molar-refractivity contribution in [2.45, 2.75) is 25.4 Å². The molecule has 2 heterocycles. The molecule has 0 unspecified atom stereocenters. The molecule has 1 aliphatic rings. The third-order valence-corrected chi connectivity index (χ3v) is 5.37. The van der Waals surface area contributed by atoms with Crippen LogP contribution in [0.5, 0.6) is 0 Å². The molecule has 6 nitrogen and oxygen atoms in total. The van der Waals surface area contributed by atoms with Gasteiger partial charge in [-0.2, -0.15) is 0 Å². The van der Waals surface area contributed by atoms with Crippen LogP contribution in [-0.2, 0) is 10.3 Å². The van der Waals surface area contributed by atoms with Crippen LogP contribution in [0.15, 0.2) is 30.3 Å². The van der Waals surface area contributed by atoms with E-state index in [9.17, 15) is 9.90 Å². The highest BCUT2D eigenvalue weighted by atomic mass is 32.1. The first-order chi connectivity index (χ1) is 11.6. The predicted molar refractivity (Wildman–Crippen MR) is 90.9 cm³/mol. The molecule has 0 bridgehead atoms. The van der Waals surface area contributed by atoms with Gasteiger partial charge in [-0.1, -0.05) is 34.8 Å². The Morgan fingerprint density at radius 1 is 1.38 bits per heavy atom. The topological polar surface area (TPSA) is 84.3 Å². The summed E-state index contributed by atoms with van der Waals surface area (Å²) in [4.78, 5) is 12.9. The van der Waals surface area contributed by atoms with Gasteiger partial charge in [0.25, 0.3) is 5.91 Å². The number of benzene rings is 1. The maximum absolute atomic E-state index is 12.4. The summed E-state index contributed by atoms with van der Waals surface area (Å²) in [7, 11) is 0. The summed E-state index contributed by atoms with van der Waals surface area (Å²) in [6.07, 6.45) is 1.53. The molecule has 1 amide bonds. The number of carbonyl (C=O) groups excluding carboxylic acids is 1. The van der Waals surface area contributed by atoms with E-state index in [-0.39, 0.29) is 18.4 Å². The molecule has 0 saturated carbocycles. The molecule has 1 aromatic heterocycles. The van der Waals surface area contributed by atoms with Crippen molar-refractivity contribution < 1.29 is 14.6 Å². The van der Waals surface area contributed by atoms with Gasteiger partial charge >= 0.3 is 0 Å².